The zero-order chi connectivity index (χ0) is 21.2. The third-order valence-corrected chi connectivity index (χ3v) is 7.31. The first-order valence-electron chi connectivity index (χ1n) is 9.71. The summed E-state index contributed by atoms with van der Waals surface area (Å²) in [5.41, 5.74) is 1.98. The third kappa shape index (κ3) is 4.88. The molecule has 0 bridgehead atoms. The molecule has 2 rings (SSSR count). The van der Waals surface area contributed by atoms with Gasteiger partial charge in [-0.1, -0.05) is 45.0 Å². The van der Waals surface area contributed by atoms with E-state index in [2.05, 4.69) is 26.0 Å². The molecule has 0 aliphatic rings. The van der Waals surface area contributed by atoms with E-state index in [1.807, 2.05) is 45.0 Å². The maximum absolute atomic E-state index is 12.4. The Balaban J connectivity index is 2.22. The van der Waals surface area contributed by atoms with Gasteiger partial charge in [0, 0.05) is 5.41 Å². The summed E-state index contributed by atoms with van der Waals surface area (Å²) in [6, 6.07) is 15.4. The first kappa shape index (κ1) is 22.3. The molecule has 0 heterocycles. The Morgan fingerprint density at radius 2 is 1.25 bits per heavy atom. The van der Waals surface area contributed by atoms with Gasteiger partial charge in [0.15, 0.2) is 0 Å². The van der Waals surface area contributed by atoms with Crippen molar-refractivity contribution in [3.8, 4) is 11.5 Å². The molecule has 0 amide bonds. The lowest BCUT2D eigenvalue weighted by atomic mass is 9.78. The maximum atomic E-state index is 12.4. The van der Waals surface area contributed by atoms with E-state index in [1.165, 1.54) is 0 Å². The molecule has 0 radical (unpaired) electrons. The average molecular weight is 405 g/mol. The van der Waals surface area contributed by atoms with Crippen LogP contribution in [-0.4, -0.2) is 19.3 Å². The van der Waals surface area contributed by atoms with Crippen LogP contribution in [0.25, 0.3) is 0 Å². The van der Waals surface area contributed by atoms with Crippen LogP contribution in [0.15, 0.2) is 48.5 Å². The number of hydrogen-bond donors (Lipinski definition) is 0. The van der Waals surface area contributed by atoms with Crippen LogP contribution in [0.4, 0.5) is 0 Å². The Bertz CT molecular complexity index is 877. The summed E-state index contributed by atoms with van der Waals surface area (Å²) in [5, 5.41) is 0. The van der Waals surface area contributed by atoms with E-state index >= 15 is 0 Å². The van der Waals surface area contributed by atoms with E-state index in [0.717, 1.165) is 16.9 Å². The molecule has 2 aromatic rings. The normalized spacial score (nSPS) is 12.9. The Morgan fingerprint density at radius 1 is 0.821 bits per heavy atom. The highest BCUT2D eigenvalue weighted by Crippen LogP contribution is 2.34. The fraction of sp³-hybridized carbons (Fsp3) is 0.478. The second-order valence-electron chi connectivity index (χ2n) is 8.49. The second kappa shape index (κ2) is 8.16. The predicted molar refractivity (Wildman–Crippen MR) is 115 cm³/mol. The van der Waals surface area contributed by atoms with E-state index in [4.69, 9.17) is 8.92 Å². The molecule has 0 spiro atoms. The minimum absolute atomic E-state index is 0.139. The molecule has 0 atom stereocenters. The van der Waals surface area contributed by atoms with Gasteiger partial charge in [0.2, 0.25) is 0 Å². The summed E-state index contributed by atoms with van der Waals surface area (Å²) in [4.78, 5) is 0. The molecular formula is C23H32O4S. The van der Waals surface area contributed by atoms with Crippen molar-refractivity contribution in [2.24, 2.45) is 0 Å². The first-order chi connectivity index (χ1) is 12.9. The molecule has 28 heavy (non-hydrogen) atoms. The fourth-order valence-electron chi connectivity index (χ4n) is 2.73. The fourth-order valence-corrected chi connectivity index (χ4v) is 3.68. The smallest absolute Gasteiger partial charge is 0.314 e. The van der Waals surface area contributed by atoms with Crippen LogP contribution < -0.4 is 8.92 Å². The molecule has 4 nitrogen and oxygen atoms in total. The Morgan fingerprint density at radius 3 is 1.64 bits per heavy atom. The highest BCUT2D eigenvalue weighted by molar-refractivity contribution is 7.88. The largest absolute Gasteiger partial charge is 0.491 e. The van der Waals surface area contributed by atoms with Crippen LogP contribution in [0.5, 0.6) is 11.5 Å². The first-order valence-corrected chi connectivity index (χ1v) is 11.1. The van der Waals surface area contributed by atoms with Gasteiger partial charge < -0.3 is 8.92 Å². The number of hydrogen-bond acceptors (Lipinski definition) is 4. The van der Waals surface area contributed by atoms with Gasteiger partial charge in [0.05, 0.1) is 6.10 Å². The molecular weight excluding hydrogens is 372 g/mol. The number of ether oxygens (including phenoxy) is 1. The zero-order valence-electron chi connectivity index (χ0n) is 17.9. The van der Waals surface area contributed by atoms with Crippen molar-refractivity contribution in [1.82, 2.24) is 0 Å². The summed E-state index contributed by atoms with van der Waals surface area (Å²) < 4.78 is 35.0. The van der Waals surface area contributed by atoms with Crippen molar-refractivity contribution in [2.75, 3.05) is 0 Å². The van der Waals surface area contributed by atoms with Gasteiger partial charge in [0.25, 0.3) is 0 Å². The van der Waals surface area contributed by atoms with E-state index < -0.39 is 14.9 Å². The molecule has 0 aliphatic heterocycles. The lowest BCUT2D eigenvalue weighted by molar-refractivity contribution is 0.242. The lowest BCUT2D eigenvalue weighted by Crippen LogP contribution is -2.34. The third-order valence-electron chi connectivity index (χ3n) is 5.26. The van der Waals surface area contributed by atoms with Crippen LogP contribution in [0.1, 0.15) is 66.0 Å². The lowest BCUT2D eigenvalue weighted by Gasteiger charge is -2.27. The Labute approximate surface area is 170 Å². The van der Waals surface area contributed by atoms with Crippen molar-refractivity contribution in [3.63, 3.8) is 0 Å². The van der Waals surface area contributed by atoms with Crippen molar-refractivity contribution in [1.29, 1.82) is 0 Å². The minimum atomic E-state index is -3.69. The minimum Gasteiger partial charge on any atom is -0.491 e. The molecule has 0 unspecified atom stereocenters. The van der Waals surface area contributed by atoms with Gasteiger partial charge in [0.1, 0.15) is 16.2 Å². The summed E-state index contributed by atoms with van der Waals surface area (Å²) in [5.74, 6) is 1.18. The topological polar surface area (TPSA) is 52.6 Å². The van der Waals surface area contributed by atoms with Crippen molar-refractivity contribution < 1.29 is 17.3 Å². The molecule has 0 fully saturated rings. The van der Waals surface area contributed by atoms with Crippen LogP contribution in [0.3, 0.4) is 0 Å². The highest BCUT2D eigenvalue weighted by Gasteiger charge is 2.34. The summed E-state index contributed by atoms with van der Waals surface area (Å²) in [6.45, 7) is 13.5. The molecule has 0 saturated carbocycles. The second-order valence-corrected chi connectivity index (χ2v) is 10.7. The van der Waals surface area contributed by atoms with E-state index in [9.17, 15) is 8.42 Å². The summed E-state index contributed by atoms with van der Waals surface area (Å²) in [6.07, 6.45) is 0.622. The van der Waals surface area contributed by atoms with Gasteiger partial charge in [-0.05, 0) is 69.5 Å². The van der Waals surface area contributed by atoms with Crippen molar-refractivity contribution >= 4 is 10.1 Å². The molecule has 0 N–H and O–H groups in total. The van der Waals surface area contributed by atoms with Gasteiger partial charge >= 0.3 is 10.1 Å². The number of rotatable bonds is 8. The predicted octanol–water partition coefficient (Wildman–Crippen LogP) is 5.70. The Hall–Kier alpha value is -2.01. The van der Waals surface area contributed by atoms with E-state index in [0.29, 0.717) is 12.2 Å². The zero-order valence-corrected chi connectivity index (χ0v) is 18.8. The SMILES string of the molecule is CCC(C)(C)S(=O)(=O)Oc1ccc(C(C)(C)c2ccc(OC(C)C)cc2)cc1. The molecule has 0 aromatic heterocycles. The number of benzene rings is 2. The van der Waals surface area contributed by atoms with Crippen LogP contribution in [0, 0.1) is 0 Å². The molecule has 2 aromatic carbocycles. The average Bonchev–Trinajstić information content (AvgIpc) is 2.61. The van der Waals surface area contributed by atoms with Gasteiger partial charge in [-0.3, -0.25) is 0 Å². The summed E-state index contributed by atoms with van der Waals surface area (Å²) >= 11 is 0. The maximum Gasteiger partial charge on any atom is 0.314 e. The van der Waals surface area contributed by atoms with Crippen LogP contribution in [-0.2, 0) is 15.5 Å². The van der Waals surface area contributed by atoms with Crippen LogP contribution in [0.2, 0.25) is 0 Å². The van der Waals surface area contributed by atoms with E-state index in [1.54, 1.807) is 26.0 Å². The van der Waals surface area contributed by atoms with Crippen molar-refractivity contribution in [2.45, 2.75) is 71.2 Å². The monoisotopic (exact) mass is 404 g/mol. The molecule has 0 saturated heterocycles. The molecule has 5 heteroatoms. The molecule has 0 aliphatic carbocycles. The van der Waals surface area contributed by atoms with Gasteiger partial charge in [-0.15, -0.1) is 0 Å². The van der Waals surface area contributed by atoms with Gasteiger partial charge in [-0.2, -0.15) is 8.42 Å². The highest BCUT2D eigenvalue weighted by atomic mass is 32.2. The quantitative estimate of drug-likeness (QED) is 0.530. The Kier molecular flexibility index (Phi) is 6.49. The summed E-state index contributed by atoms with van der Waals surface area (Å²) in [7, 11) is -3.69. The van der Waals surface area contributed by atoms with Gasteiger partial charge in [-0.25, -0.2) is 0 Å². The standard InChI is InChI=1S/C23H32O4S/c1-8-22(4,5)28(24,25)27-21-15-11-19(12-16-21)23(6,7)18-9-13-20(14-10-18)26-17(2)3/h9-17H,8H2,1-7H3. The molecule has 154 valence electrons. The van der Waals surface area contributed by atoms with Crippen LogP contribution >= 0.6 is 0 Å². The van der Waals surface area contributed by atoms with Crippen molar-refractivity contribution in [3.05, 3.63) is 59.7 Å². The van der Waals surface area contributed by atoms with E-state index in [-0.39, 0.29) is 11.5 Å².